The van der Waals surface area contributed by atoms with Gasteiger partial charge >= 0.3 is 6.18 Å². The summed E-state index contributed by atoms with van der Waals surface area (Å²) in [5.74, 6) is -1.38. The standard InChI is InChI=1S/C25H26ClF4N7O2/c1-37-11-34-19(20(37)22(38)35-15-2-3-18(27)17(26)6-15)12-4-13-7-24(39,8-14(13)5-12)10-33-23-32-9-16(21(31)36-23)25(28,29)30/h2-3,6,9,11-14,39H,4-5,7-8,10H2,1H3,(H,35,38)(H3,31,32,33,36). The lowest BCUT2D eigenvalue weighted by molar-refractivity contribution is -0.137. The minimum absolute atomic E-state index is 0.00862. The minimum Gasteiger partial charge on any atom is -0.388 e. The Balaban J connectivity index is 1.22. The first kappa shape index (κ1) is 27.1. The van der Waals surface area contributed by atoms with Crippen LogP contribution in [-0.2, 0) is 13.2 Å². The third-order valence-corrected chi connectivity index (χ3v) is 7.86. The van der Waals surface area contributed by atoms with Crippen LogP contribution in [0.25, 0.3) is 0 Å². The maximum Gasteiger partial charge on any atom is 0.421 e. The van der Waals surface area contributed by atoms with Gasteiger partial charge in [-0.2, -0.15) is 18.2 Å². The average molecular weight is 568 g/mol. The van der Waals surface area contributed by atoms with Gasteiger partial charge in [-0.1, -0.05) is 11.6 Å². The number of nitrogen functional groups attached to an aromatic ring is 1. The van der Waals surface area contributed by atoms with E-state index in [9.17, 15) is 27.5 Å². The van der Waals surface area contributed by atoms with E-state index in [1.165, 1.54) is 18.2 Å². The summed E-state index contributed by atoms with van der Waals surface area (Å²) in [5, 5.41) is 16.6. The molecule has 5 rings (SSSR count). The summed E-state index contributed by atoms with van der Waals surface area (Å²) in [4.78, 5) is 25.0. The fraction of sp³-hybridized carbons (Fsp3) is 0.440. The third kappa shape index (κ3) is 5.50. The molecule has 0 bridgehead atoms. The molecule has 9 nitrogen and oxygen atoms in total. The summed E-state index contributed by atoms with van der Waals surface area (Å²) in [6, 6.07) is 3.94. The molecule has 0 saturated heterocycles. The number of aliphatic hydroxyl groups is 1. The first-order chi connectivity index (χ1) is 18.3. The second kappa shape index (κ2) is 9.94. The number of aryl methyl sites for hydroxylation is 1. The smallest absolute Gasteiger partial charge is 0.388 e. The summed E-state index contributed by atoms with van der Waals surface area (Å²) in [7, 11) is 1.72. The Hall–Kier alpha value is -3.45. The van der Waals surface area contributed by atoms with E-state index in [-0.39, 0.29) is 41.2 Å². The summed E-state index contributed by atoms with van der Waals surface area (Å²) in [6.07, 6.45) is -0.0742. The van der Waals surface area contributed by atoms with Crippen LogP contribution in [0.4, 0.5) is 35.0 Å². The van der Waals surface area contributed by atoms with E-state index in [1.807, 2.05) is 0 Å². The van der Waals surface area contributed by atoms with Gasteiger partial charge in [0.2, 0.25) is 5.95 Å². The topological polar surface area (TPSA) is 131 Å². The van der Waals surface area contributed by atoms with Gasteiger partial charge in [0.05, 0.1) is 22.6 Å². The van der Waals surface area contributed by atoms with Crippen molar-refractivity contribution in [2.75, 3.05) is 22.9 Å². The number of hydrogen-bond donors (Lipinski definition) is 4. The Morgan fingerprint density at radius 1 is 1.26 bits per heavy atom. The van der Waals surface area contributed by atoms with Crippen LogP contribution in [0.1, 0.15) is 53.3 Å². The number of nitrogens with one attached hydrogen (secondary N) is 2. The molecule has 0 spiro atoms. The number of carbonyl (C=O) groups excluding carboxylic acids is 1. The van der Waals surface area contributed by atoms with Crippen molar-refractivity contribution in [1.29, 1.82) is 0 Å². The Labute approximate surface area is 225 Å². The highest BCUT2D eigenvalue weighted by Crippen LogP contribution is 2.54. The number of fused-ring (bicyclic) bond motifs is 1. The average Bonchev–Trinajstić information content (AvgIpc) is 3.50. The predicted molar refractivity (Wildman–Crippen MR) is 136 cm³/mol. The molecule has 2 atom stereocenters. The number of anilines is 3. The molecule has 39 heavy (non-hydrogen) atoms. The lowest BCUT2D eigenvalue weighted by Crippen LogP contribution is -2.35. The molecule has 2 aliphatic carbocycles. The van der Waals surface area contributed by atoms with E-state index >= 15 is 0 Å². The number of alkyl halides is 3. The Morgan fingerprint density at radius 2 is 1.95 bits per heavy atom. The van der Waals surface area contributed by atoms with Crippen LogP contribution in [0.15, 0.2) is 30.7 Å². The van der Waals surface area contributed by atoms with E-state index in [0.717, 1.165) is 12.8 Å². The highest BCUT2D eigenvalue weighted by molar-refractivity contribution is 6.31. The van der Waals surface area contributed by atoms with E-state index in [0.29, 0.717) is 36.1 Å². The van der Waals surface area contributed by atoms with Crippen molar-refractivity contribution in [3.8, 4) is 0 Å². The number of aromatic nitrogens is 4. The zero-order valence-corrected chi connectivity index (χ0v) is 21.5. The maximum atomic E-state index is 13.5. The zero-order chi connectivity index (χ0) is 28.1. The number of benzene rings is 1. The van der Waals surface area contributed by atoms with Crippen LogP contribution in [-0.4, -0.2) is 42.7 Å². The maximum absolute atomic E-state index is 13.5. The van der Waals surface area contributed by atoms with Crippen molar-refractivity contribution < 1.29 is 27.5 Å². The first-order valence-electron chi connectivity index (χ1n) is 12.3. The van der Waals surface area contributed by atoms with Gasteiger partial charge in [0, 0.05) is 31.4 Å². The van der Waals surface area contributed by atoms with Crippen molar-refractivity contribution in [1.82, 2.24) is 19.5 Å². The quantitative estimate of drug-likeness (QED) is 0.320. The van der Waals surface area contributed by atoms with Crippen molar-refractivity contribution in [3.63, 3.8) is 0 Å². The molecular formula is C25H26ClF4N7O2. The largest absolute Gasteiger partial charge is 0.421 e. The van der Waals surface area contributed by atoms with Crippen LogP contribution in [0.3, 0.4) is 0 Å². The van der Waals surface area contributed by atoms with Gasteiger partial charge < -0.3 is 26.0 Å². The number of hydrogen-bond acceptors (Lipinski definition) is 7. The monoisotopic (exact) mass is 567 g/mol. The molecule has 14 heteroatoms. The van der Waals surface area contributed by atoms with Gasteiger partial charge in [-0.25, -0.2) is 14.4 Å². The second-order valence-corrected chi connectivity index (χ2v) is 10.7. The summed E-state index contributed by atoms with van der Waals surface area (Å²) in [6.45, 7) is 0.0624. The van der Waals surface area contributed by atoms with Gasteiger partial charge in [-0.05, 0) is 55.7 Å². The second-order valence-electron chi connectivity index (χ2n) is 10.3. The third-order valence-electron chi connectivity index (χ3n) is 7.57. The molecule has 208 valence electrons. The van der Waals surface area contributed by atoms with Crippen LogP contribution < -0.4 is 16.4 Å². The highest BCUT2D eigenvalue weighted by Gasteiger charge is 2.49. The van der Waals surface area contributed by atoms with Crippen LogP contribution >= 0.6 is 11.6 Å². The van der Waals surface area contributed by atoms with Crippen molar-refractivity contribution in [2.24, 2.45) is 18.9 Å². The molecule has 0 radical (unpaired) electrons. The molecule has 2 fully saturated rings. The van der Waals surface area contributed by atoms with Crippen molar-refractivity contribution in [2.45, 2.75) is 43.4 Å². The molecule has 3 aromatic rings. The summed E-state index contributed by atoms with van der Waals surface area (Å²) >= 11 is 5.83. The van der Waals surface area contributed by atoms with Crippen molar-refractivity contribution >= 4 is 35.0 Å². The van der Waals surface area contributed by atoms with E-state index < -0.39 is 29.0 Å². The van der Waals surface area contributed by atoms with E-state index in [2.05, 4.69) is 25.6 Å². The SMILES string of the molecule is Cn1cnc(C2CC3CC(O)(CNc4ncc(C(F)(F)F)c(N)n4)CC3C2)c1C(=O)Nc1ccc(F)c(Cl)c1. The minimum atomic E-state index is -4.65. The van der Waals surface area contributed by atoms with Crippen LogP contribution in [0.2, 0.25) is 5.02 Å². The predicted octanol–water partition coefficient (Wildman–Crippen LogP) is 4.60. The summed E-state index contributed by atoms with van der Waals surface area (Å²) in [5.41, 5.74) is 4.64. The van der Waals surface area contributed by atoms with E-state index in [4.69, 9.17) is 17.3 Å². The Kier molecular flexibility index (Phi) is 6.91. The lowest BCUT2D eigenvalue weighted by Gasteiger charge is -2.25. The number of imidazole rings is 1. The van der Waals surface area contributed by atoms with Gasteiger partial charge in [0.25, 0.3) is 5.91 Å². The molecule has 2 aromatic heterocycles. The molecule has 1 amide bonds. The fourth-order valence-electron chi connectivity index (χ4n) is 5.87. The fourth-order valence-corrected chi connectivity index (χ4v) is 6.05. The van der Waals surface area contributed by atoms with Gasteiger partial charge in [-0.15, -0.1) is 0 Å². The molecule has 0 aliphatic heterocycles. The van der Waals surface area contributed by atoms with Crippen LogP contribution in [0.5, 0.6) is 0 Å². The molecule has 1 aromatic carbocycles. The van der Waals surface area contributed by atoms with Gasteiger partial charge in [0.1, 0.15) is 22.9 Å². The number of amides is 1. The number of nitrogens with two attached hydrogens (primary N) is 1. The van der Waals surface area contributed by atoms with Gasteiger partial charge in [0.15, 0.2) is 0 Å². The molecule has 5 N–H and O–H groups in total. The summed E-state index contributed by atoms with van der Waals surface area (Å²) < 4.78 is 53.8. The van der Waals surface area contributed by atoms with Crippen LogP contribution in [0, 0.1) is 17.7 Å². The molecule has 2 saturated carbocycles. The number of nitrogens with zero attached hydrogens (tertiary/aromatic N) is 4. The Bertz CT molecular complexity index is 1400. The zero-order valence-electron chi connectivity index (χ0n) is 20.8. The highest BCUT2D eigenvalue weighted by atomic mass is 35.5. The molecular weight excluding hydrogens is 542 g/mol. The molecule has 2 heterocycles. The number of rotatable bonds is 6. The van der Waals surface area contributed by atoms with Gasteiger partial charge in [-0.3, -0.25) is 4.79 Å². The Morgan fingerprint density at radius 3 is 2.56 bits per heavy atom. The normalized spacial score (nSPS) is 24.5. The lowest BCUT2D eigenvalue weighted by atomic mass is 9.92. The number of carbonyl (C=O) groups is 1. The first-order valence-corrected chi connectivity index (χ1v) is 12.6. The number of halogens is 5. The molecule has 2 aliphatic rings. The van der Waals surface area contributed by atoms with Crippen molar-refractivity contribution in [3.05, 3.63) is 58.5 Å². The van der Waals surface area contributed by atoms with E-state index in [1.54, 1.807) is 17.9 Å². The molecule has 2 unspecified atom stereocenters.